The Labute approximate surface area is 71.2 Å². The fourth-order valence-corrected chi connectivity index (χ4v) is 1.94. The molecule has 0 amide bonds. The van der Waals surface area contributed by atoms with E-state index in [4.69, 9.17) is 11.6 Å². The van der Waals surface area contributed by atoms with Crippen molar-refractivity contribution in [1.82, 2.24) is 5.32 Å². The van der Waals surface area contributed by atoms with Crippen molar-refractivity contribution in [3.05, 3.63) is 11.6 Å². The van der Waals surface area contributed by atoms with Crippen LogP contribution < -0.4 is 5.32 Å². The molecule has 0 radical (unpaired) electrons. The van der Waals surface area contributed by atoms with E-state index in [2.05, 4.69) is 11.9 Å². The van der Waals surface area contributed by atoms with Crippen molar-refractivity contribution >= 4 is 23.4 Å². The van der Waals surface area contributed by atoms with E-state index in [0.29, 0.717) is 0 Å². The van der Waals surface area contributed by atoms with Crippen LogP contribution in [0, 0.1) is 5.92 Å². The Hall–Kier alpha value is 0.340. The SMILES string of the molecule is C=C(Cl)CSCC1CNC1. The van der Waals surface area contributed by atoms with Gasteiger partial charge in [0.15, 0.2) is 0 Å². The third kappa shape index (κ3) is 2.95. The van der Waals surface area contributed by atoms with Crippen LogP contribution in [-0.4, -0.2) is 24.6 Å². The largest absolute Gasteiger partial charge is 0.316 e. The highest BCUT2D eigenvalue weighted by atomic mass is 35.5. The average Bonchev–Trinajstić information content (AvgIpc) is 1.75. The van der Waals surface area contributed by atoms with Crippen LogP contribution in [0.4, 0.5) is 0 Å². The Bertz CT molecular complexity index is 123. The van der Waals surface area contributed by atoms with Crippen LogP contribution in [0.15, 0.2) is 11.6 Å². The maximum Gasteiger partial charge on any atom is 0.0286 e. The maximum atomic E-state index is 5.59. The molecule has 1 saturated heterocycles. The molecule has 0 aromatic rings. The predicted molar refractivity (Wildman–Crippen MR) is 48.7 cm³/mol. The van der Waals surface area contributed by atoms with Gasteiger partial charge in [0.2, 0.25) is 0 Å². The third-order valence-electron chi connectivity index (χ3n) is 1.48. The van der Waals surface area contributed by atoms with Gasteiger partial charge >= 0.3 is 0 Å². The van der Waals surface area contributed by atoms with Gasteiger partial charge in [-0.05, 0) is 24.8 Å². The molecule has 0 unspecified atom stereocenters. The van der Waals surface area contributed by atoms with Crippen molar-refractivity contribution in [2.24, 2.45) is 5.92 Å². The minimum atomic E-state index is 0.761. The topological polar surface area (TPSA) is 12.0 Å². The van der Waals surface area contributed by atoms with Crippen molar-refractivity contribution in [3.8, 4) is 0 Å². The van der Waals surface area contributed by atoms with Gasteiger partial charge in [-0.15, -0.1) is 0 Å². The third-order valence-corrected chi connectivity index (χ3v) is 3.03. The van der Waals surface area contributed by atoms with Gasteiger partial charge in [-0.25, -0.2) is 0 Å². The molecular weight excluding hydrogens is 166 g/mol. The van der Waals surface area contributed by atoms with Crippen LogP contribution in [0.3, 0.4) is 0 Å². The molecule has 0 aromatic heterocycles. The number of rotatable bonds is 4. The second-order valence-corrected chi connectivity index (χ2v) is 4.12. The molecule has 1 aliphatic rings. The zero-order valence-electron chi connectivity index (χ0n) is 5.90. The van der Waals surface area contributed by atoms with E-state index in [9.17, 15) is 0 Å². The number of hydrogen-bond donors (Lipinski definition) is 1. The van der Waals surface area contributed by atoms with Crippen LogP contribution in [0.1, 0.15) is 0 Å². The van der Waals surface area contributed by atoms with E-state index in [1.807, 2.05) is 11.8 Å². The highest BCUT2D eigenvalue weighted by Gasteiger charge is 2.15. The number of hydrogen-bond acceptors (Lipinski definition) is 2. The molecule has 1 fully saturated rings. The first-order chi connectivity index (χ1) is 4.79. The van der Waals surface area contributed by atoms with Crippen molar-refractivity contribution in [3.63, 3.8) is 0 Å². The molecular formula is C7H12ClNS. The normalized spacial score (nSPS) is 18.5. The highest BCUT2D eigenvalue weighted by molar-refractivity contribution is 7.99. The first kappa shape index (κ1) is 8.44. The van der Waals surface area contributed by atoms with E-state index in [0.717, 1.165) is 16.7 Å². The lowest BCUT2D eigenvalue weighted by Gasteiger charge is -2.26. The van der Waals surface area contributed by atoms with E-state index in [1.165, 1.54) is 18.8 Å². The molecule has 1 heterocycles. The van der Waals surface area contributed by atoms with Crippen LogP contribution in [0.2, 0.25) is 0 Å². The fraction of sp³-hybridized carbons (Fsp3) is 0.714. The molecule has 1 aliphatic heterocycles. The standard InChI is InChI=1S/C7H12ClNS/c1-6(8)4-10-5-7-2-9-3-7/h7,9H,1-5H2. The molecule has 1 nitrogen and oxygen atoms in total. The fourth-order valence-electron chi connectivity index (χ4n) is 0.803. The van der Waals surface area contributed by atoms with Gasteiger partial charge in [-0.2, -0.15) is 11.8 Å². The van der Waals surface area contributed by atoms with Crippen LogP contribution in [0.25, 0.3) is 0 Å². The molecule has 0 bridgehead atoms. The smallest absolute Gasteiger partial charge is 0.0286 e. The van der Waals surface area contributed by atoms with E-state index in [-0.39, 0.29) is 0 Å². The summed E-state index contributed by atoms with van der Waals surface area (Å²) >= 11 is 7.47. The summed E-state index contributed by atoms with van der Waals surface area (Å²) in [4.78, 5) is 0. The first-order valence-corrected chi connectivity index (χ1v) is 4.94. The number of nitrogens with one attached hydrogen (secondary N) is 1. The lowest BCUT2D eigenvalue weighted by atomic mass is 10.1. The van der Waals surface area contributed by atoms with Crippen molar-refractivity contribution in [2.45, 2.75) is 0 Å². The summed E-state index contributed by atoms with van der Waals surface area (Å²) in [6, 6.07) is 0. The van der Waals surface area contributed by atoms with Gasteiger partial charge in [0.1, 0.15) is 0 Å². The van der Waals surface area contributed by atoms with Crippen molar-refractivity contribution in [1.29, 1.82) is 0 Å². The van der Waals surface area contributed by atoms with Gasteiger partial charge in [0.05, 0.1) is 0 Å². The zero-order valence-corrected chi connectivity index (χ0v) is 7.47. The summed E-state index contributed by atoms with van der Waals surface area (Å²) < 4.78 is 0. The number of halogens is 1. The molecule has 58 valence electrons. The van der Waals surface area contributed by atoms with E-state index >= 15 is 0 Å². The Morgan fingerprint density at radius 3 is 2.80 bits per heavy atom. The maximum absolute atomic E-state index is 5.59. The molecule has 0 spiro atoms. The lowest BCUT2D eigenvalue weighted by Crippen LogP contribution is -2.43. The quantitative estimate of drug-likeness (QED) is 0.702. The average molecular weight is 178 g/mol. The monoisotopic (exact) mass is 177 g/mol. The summed E-state index contributed by atoms with van der Waals surface area (Å²) in [5.74, 6) is 3.00. The highest BCUT2D eigenvalue weighted by Crippen LogP contribution is 2.15. The molecule has 0 saturated carbocycles. The van der Waals surface area contributed by atoms with Crippen LogP contribution in [0.5, 0.6) is 0 Å². The minimum absolute atomic E-state index is 0.761. The van der Waals surface area contributed by atoms with Gasteiger partial charge < -0.3 is 5.32 Å². The van der Waals surface area contributed by atoms with Gasteiger partial charge in [-0.3, -0.25) is 0 Å². The first-order valence-electron chi connectivity index (χ1n) is 3.41. The van der Waals surface area contributed by atoms with E-state index < -0.39 is 0 Å². The molecule has 0 aliphatic carbocycles. The van der Waals surface area contributed by atoms with Crippen molar-refractivity contribution in [2.75, 3.05) is 24.6 Å². The molecule has 0 atom stereocenters. The van der Waals surface area contributed by atoms with E-state index in [1.54, 1.807) is 0 Å². The summed E-state index contributed by atoms with van der Waals surface area (Å²) in [6.45, 7) is 5.99. The van der Waals surface area contributed by atoms with Crippen LogP contribution in [-0.2, 0) is 0 Å². The minimum Gasteiger partial charge on any atom is -0.316 e. The Balaban J connectivity index is 1.89. The van der Waals surface area contributed by atoms with Gasteiger partial charge in [0, 0.05) is 10.8 Å². The Morgan fingerprint density at radius 1 is 1.70 bits per heavy atom. The van der Waals surface area contributed by atoms with Crippen molar-refractivity contribution < 1.29 is 0 Å². The van der Waals surface area contributed by atoms with Gasteiger partial charge in [-0.1, -0.05) is 18.2 Å². The summed E-state index contributed by atoms with van der Waals surface area (Å²) in [7, 11) is 0. The summed E-state index contributed by atoms with van der Waals surface area (Å²) in [5.41, 5.74) is 0. The predicted octanol–water partition coefficient (Wildman–Crippen LogP) is 1.69. The molecule has 10 heavy (non-hydrogen) atoms. The molecule has 1 N–H and O–H groups in total. The Kier molecular flexibility index (Phi) is 3.60. The van der Waals surface area contributed by atoms with Crippen LogP contribution >= 0.6 is 23.4 Å². The Morgan fingerprint density at radius 2 is 2.40 bits per heavy atom. The lowest BCUT2D eigenvalue weighted by molar-refractivity contribution is 0.385. The second kappa shape index (κ2) is 4.27. The number of thioether (sulfide) groups is 1. The molecule has 1 rings (SSSR count). The zero-order chi connectivity index (χ0) is 7.40. The van der Waals surface area contributed by atoms with Gasteiger partial charge in [0.25, 0.3) is 0 Å². The molecule has 0 aromatic carbocycles. The molecule has 3 heteroatoms. The summed E-state index contributed by atoms with van der Waals surface area (Å²) in [5, 5.41) is 3.99. The second-order valence-electron chi connectivity index (χ2n) is 2.56. The summed E-state index contributed by atoms with van der Waals surface area (Å²) in [6.07, 6.45) is 0.